The first kappa shape index (κ1) is 10.4. The molecular weight excluding hydrogens is 235 g/mol. The highest BCUT2D eigenvalue weighted by Crippen LogP contribution is 2.32. The minimum absolute atomic E-state index is 0.277. The Kier molecular flexibility index (Phi) is 2.88. The Morgan fingerprint density at radius 3 is 2.93 bits per heavy atom. The number of hydrogen-bond donors (Lipinski definition) is 1. The van der Waals surface area contributed by atoms with Crippen molar-refractivity contribution in [3.05, 3.63) is 35.8 Å². The standard InChI is InChI=1S/C10H8ClFN2S/c11-5-8-9(15-10(13)14-8)6-2-1-3-7(12)4-6/h1-4H,5H2,(H2,13,14). The number of hydrogen-bond acceptors (Lipinski definition) is 3. The summed E-state index contributed by atoms with van der Waals surface area (Å²) in [6.45, 7) is 0. The van der Waals surface area contributed by atoms with Gasteiger partial charge in [0, 0.05) is 0 Å². The summed E-state index contributed by atoms with van der Waals surface area (Å²) < 4.78 is 13.0. The number of halogens is 2. The van der Waals surface area contributed by atoms with Gasteiger partial charge in [0.1, 0.15) is 5.82 Å². The number of nitrogen functional groups attached to an aromatic ring is 1. The first-order valence-electron chi connectivity index (χ1n) is 4.28. The Labute approximate surface area is 95.5 Å². The molecule has 2 N–H and O–H groups in total. The average Bonchev–Trinajstić information content (AvgIpc) is 2.59. The molecule has 2 rings (SSSR count). The van der Waals surface area contributed by atoms with E-state index >= 15 is 0 Å². The molecule has 2 nitrogen and oxygen atoms in total. The molecule has 0 aliphatic carbocycles. The first-order chi connectivity index (χ1) is 7.20. The number of anilines is 1. The molecule has 0 bridgehead atoms. The lowest BCUT2D eigenvalue weighted by Gasteiger charge is -1.98. The average molecular weight is 243 g/mol. The van der Waals surface area contributed by atoms with Crippen LogP contribution >= 0.6 is 22.9 Å². The Hall–Kier alpha value is -1.13. The van der Waals surface area contributed by atoms with Crippen molar-refractivity contribution in [2.45, 2.75) is 5.88 Å². The lowest BCUT2D eigenvalue weighted by atomic mass is 10.1. The van der Waals surface area contributed by atoms with E-state index in [0.29, 0.717) is 10.8 Å². The van der Waals surface area contributed by atoms with Gasteiger partial charge >= 0.3 is 0 Å². The number of rotatable bonds is 2. The molecule has 1 aromatic carbocycles. The van der Waals surface area contributed by atoms with Crippen molar-refractivity contribution >= 4 is 28.1 Å². The molecule has 0 fully saturated rings. The molecule has 1 aromatic heterocycles. The molecule has 0 saturated carbocycles. The summed E-state index contributed by atoms with van der Waals surface area (Å²) in [6.07, 6.45) is 0. The predicted octanol–water partition coefficient (Wildman–Crippen LogP) is 3.27. The van der Waals surface area contributed by atoms with Crippen LogP contribution in [0.4, 0.5) is 9.52 Å². The molecule has 0 unspecified atom stereocenters. The van der Waals surface area contributed by atoms with Gasteiger partial charge in [0.15, 0.2) is 5.13 Å². The highest BCUT2D eigenvalue weighted by Gasteiger charge is 2.10. The third-order valence-corrected chi connectivity index (χ3v) is 3.16. The topological polar surface area (TPSA) is 38.9 Å². The second-order valence-corrected chi connectivity index (χ2v) is 4.27. The Morgan fingerprint density at radius 1 is 1.47 bits per heavy atom. The fraction of sp³-hybridized carbons (Fsp3) is 0.100. The van der Waals surface area contributed by atoms with E-state index < -0.39 is 0 Å². The van der Waals surface area contributed by atoms with Gasteiger partial charge in [0.05, 0.1) is 16.5 Å². The van der Waals surface area contributed by atoms with Crippen LogP contribution in [0.2, 0.25) is 0 Å². The maximum absolute atomic E-state index is 13.0. The van der Waals surface area contributed by atoms with Crippen molar-refractivity contribution in [3.63, 3.8) is 0 Å². The van der Waals surface area contributed by atoms with Gasteiger partial charge in [-0.3, -0.25) is 0 Å². The van der Waals surface area contributed by atoms with Gasteiger partial charge in [0.2, 0.25) is 0 Å². The van der Waals surface area contributed by atoms with Crippen LogP contribution < -0.4 is 5.73 Å². The zero-order valence-electron chi connectivity index (χ0n) is 7.71. The minimum Gasteiger partial charge on any atom is -0.375 e. The van der Waals surface area contributed by atoms with E-state index in [2.05, 4.69) is 4.98 Å². The number of aromatic nitrogens is 1. The summed E-state index contributed by atoms with van der Waals surface area (Å²) in [4.78, 5) is 4.91. The zero-order valence-corrected chi connectivity index (χ0v) is 9.28. The van der Waals surface area contributed by atoms with Crippen LogP contribution in [0.5, 0.6) is 0 Å². The van der Waals surface area contributed by atoms with Gasteiger partial charge in [-0.25, -0.2) is 9.37 Å². The van der Waals surface area contributed by atoms with E-state index in [-0.39, 0.29) is 11.7 Å². The lowest BCUT2D eigenvalue weighted by molar-refractivity contribution is 0.628. The second kappa shape index (κ2) is 4.16. The van der Waals surface area contributed by atoms with Gasteiger partial charge in [-0.05, 0) is 17.7 Å². The molecule has 0 saturated heterocycles. The highest BCUT2D eigenvalue weighted by atomic mass is 35.5. The van der Waals surface area contributed by atoms with Gasteiger partial charge in [-0.1, -0.05) is 23.5 Å². The number of thiazole rings is 1. The van der Waals surface area contributed by atoms with Crippen LogP contribution in [0.15, 0.2) is 24.3 Å². The van der Waals surface area contributed by atoms with Crippen molar-refractivity contribution in [1.29, 1.82) is 0 Å². The van der Waals surface area contributed by atoms with Gasteiger partial charge in [-0.2, -0.15) is 0 Å². The number of nitrogens with zero attached hydrogens (tertiary/aromatic N) is 1. The summed E-state index contributed by atoms with van der Waals surface area (Å²) in [5.74, 6) is -0.000455. The Balaban J connectivity index is 2.53. The second-order valence-electron chi connectivity index (χ2n) is 2.97. The third-order valence-electron chi connectivity index (χ3n) is 1.93. The first-order valence-corrected chi connectivity index (χ1v) is 5.63. The van der Waals surface area contributed by atoms with E-state index in [4.69, 9.17) is 17.3 Å². The van der Waals surface area contributed by atoms with Crippen LogP contribution in [0, 0.1) is 5.82 Å². The maximum atomic E-state index is 13.0. The van der Waals surface area contributed by atoms with E-state index in [1.54, 1.807) is 6.07 Å². The van der Waals surface area contributed by atoms with Crippen molar-refractivity contribution in [3.8, 4) is 10.4 Å². The largest absolute Gasteiger partial charge is 0.375 e. The smallest absolute Gasteiger partial charge is 0.180 e. The van der Waals surface area contributed by atoms with Crippen LogP contribution in [-0.4, -0.2) is 4.98 Å². The van der Waals surface area contributed by atoms with Crippen molar-refractivity contribution in [2.24, 2.45) is 0 Å². The zero-order chi connectivity index (χ0) is 10.8. The van der Waals surface area contributed by atoms with Crippen LogP contribution in [0.3, 0.4) is 0 Å². The number of alkyl halides is 1. The molecular formula is C10H8ClFN2S. The molecule has 78 valence electrons. The van der Waals surface area contributed by atoms with Crippen molar-refractivity contribution in [2.75, 3.05) is 5.73 Å². The lowest BCUT2D eigenvalue weighted by Crippen LogP contribution is -1.85. The molecule has 0 aliphatic rings. The van der Waals surface area contributed by atoms with Crippen molar-refractivity contribution < 1.29 is 4.39 Å². The van der Waals surface area contributed by atoms with E-state index in [9.17, 15) is 4.39 Å². The monoisotopic (exact) mass is 242 g/mol. The van der Waals surface area contributed by atoms with E-state index in [1.807, 2.05) is 6.07 Å². The quantitative estimate of drug-likeness (QED) is 0.821. The summed E-state index contributed by atoms with van der Waals surface area (Å²) in [5.41, 5.74) is 7.05. The molecule has 2 aromatic rings. The Morgan fingerprint density at radius 2 is 2.27 bits per heavy atom. The summed E-state index contributed by atoms with van der Waals surface area (Å²) in [6, 6.07) is 6.31. The number of benzene rings is 1. The summed E-state index contributed by atoms with van der Waals surface area (Å²) in [7, 11) is 0. The van der Waals surface area contributed by atoms with E-state index in [0.717, 1.165) is 10.4 Å². The summed E-state index contributed by atoms with van der Waals surface area (Å²) in [5, 5.41) is 0.449. The molecule has 0 spiro atoms. The highest BCUT2D eigenvalue weighted by molar-refractivity contribution is 7.18. The van der Waals surface area contributed by atoms with Gasteiger partial charge in [0.25, 0.3) is 0 Å². The van der Waals surface area contributed by atoms with Crippen LogP contribution in [-0.2, 0) is 5.88 Å². The molecule has 0 atom stereocenters. The van der Waals surface area contributed by atoms with Crippen LogP contribution in [0.1, 0.15) is 5.69 Å². The third kappa shape index (κ3) is 2.11. The van der Waals surface area contributed by atoms with Crippen molar-refractivity contribution in [1.82, 2.24) is 4.98 Å². The van der Waals surface area contributed by atoms with Crippen LogP contribution in [0.25, 0.3) is 10.4 Å². The fourth-order valence-electron chi connectivity index (χ4n) is 1.32. The fourth-order valence-corrected chi connectivity index (χ4v) is 2.43. The molecule has 0 amide bonds. The Bertz CT molecular complexity index is 484. The van der Waals surface area contributed by atoms with E-state index in [1.165, 1.54) is 23.5 Å². The summed E-state index contributed by atoms with van der Waals surface area (Å²) >= 11 is 7.05. The molecule has 15 heavy (non-hydrogen) atoms. The maximum Gasteiger partial charge on any atom is 0.180 e. The SMILES string of the molecule is Nc1nc(CCl)c(-c2cccc(F)c2)s1. The number of nitrogens with two attached hydrogens (primary N) is 1. The van der Waals surface area contributed by atoms with Gasteiger partial charge < -0.3 is 5.73 Å². The molecule has 1 heterocycles. The molecule has 0 radical (unpaired) electrons. The van der Waals surface area contributed by atoms with Gasteiger partial charge in [-0.15, -0.1) is 11.6 Å². The molecule has 5 heteroatoms. The molecule has 0 aliphatic heterocycles. The minimum atomic E-state index is -0.278. The predicted molar refractivity (Wildman–Crippen MR) is 61.5 cm³/mol. The normalized spacial score (nSPS) is 10.5.